The molecule has 432 valence electrons. The summed E-state index contributed by atoms with van der Waals surface area (Å²) < 4.78 is 69.9. The van der Waals surface area contributed by atoms with Crippen LogP contribution in [0.15, 0.2) is 143 Å². The summed E-state index contributed by atoms with van der Waals surface area (Å²) in [5.41, 5.74) is 2.13. The number of carbonyl (C=O) groups is 3. The van der Waals surface area contributed by atoms with E-state index in [-0.39, 0.29) is 50.4 Å². The Balaban J connectivity index is 0.000000201. The maximum Gasteiger partial charge on any atom is 0.263 e. The summed E-state index contributed by atoms with van der Waals surface area (Å²) in [6.45, 7) is 7.28. The monoisotopic (exact) mass is 1200 g/mol. The number of para-hydroxylation sites is 4. The number of benzene rings is 6. The second kappa shape index (κ2) is 25.4. The highest BCUT2D eigenvalue weighted by Crippen LogP contribution is 2.35. The zero-order valence-corrected chi connectivity index (χ0v) is 49.1. The Labute approximate surface area is 490 Å². The van der Waals surface area contributed by atoms with Gasteiger partial charge in [0.1, 0.15) is 17.0 Å². The largest absolute Gasteiger partial charge is 0.497 e. The zero-order chi connectivity index (χ0) is 59.1. The van der Waals surface area contributed by atoms with Crippen LogP contribution in [0.1, 0.15) is 53.8 Å². The number of nitrogens with zero attached hydrogens (tertiary/aromatic N) is 7. The average Bonchev–Trinajstić information content (AvgIpc) is 3.62. The molecule has 2 aliphatic heterocycles. The van der Waals surface area contributed by atoms with Gasteiger partial charge in [0.15, 0.2) is 23.3 Å². The molecule has 4 heterocycles. The number of sulfonamides is 2. The predicted octanol–water partition coefficient (Wildman–Crippen LogP) is 9.58. The van der Waals surface area contributed by atoms with Gasteiger partial charge in [0.05, 0.1) is 67.5 Å². The molecule has 0 aliphatic carbocycles. The second-order valence-corrected chi connectivity index (χ2v) is 24.2. The molecule has 5 N–H and O–H groups in total. The highest BCUT2D eigenvalue weighted by molar-refractivity contribution is 7.93. The molecule has 8 aromatic rings. The maximum absolute atomic E-state index is 13.6. The smallest absolute Gasteiger partial charge is 0.263 e. The van der Waals surface area contributed by atoms with Gasteiger partial charge in [-0.25, -0.2) is 36.8 Å². The maximum atomic E-state index is 13.6. The number of likely N-dealkylation sites (N-methyl/N-ethyl adjacent to an activating group) is 1. The van der Waals surface area contributed by atoms with Gasteiger partial charge in [-0.1, -0.05) is 59.6 Å². The summed E-state index contributed by atoms with van der Waals surface area (Å²) in [5.74, 6) is 0.282. The molecule has 10 rings (SSSR count). The first kappa shape index (κ1) is 59.3. The van der Waals surface area contributed by atoms with Gasteiger partial charge < -0.3 is 40.1 Å². The number of fused-ring (bicyclic) bond motifs is 2. The van der Waals surface area contributed by atoms with Crippen molar-refractivity contribution in [3.8, 4) is 11.5 Å². The van der Waals surface area contributed by atoms with Gasteiger partial charge in [-0.3, -0.25) is 23.8 Å². The molecular weight excluding hydrogens is 1140 g/mol. The molecule has 21 nitrogen and oxygen atoms in total. The van der Waals surface area contributed by atoms with Crippen LogP contribution in [-0.4, -0.2) is 135 Å². The molecule has 2 aromatic heterocycles. The predicted molar refractivity (Wildman–Crippen MR) is 322 cm³/mol. The number of likely N-dealkylation sites (tertiary alicyclic amines) is 1. The van der Waals surface area contributed by atoms with Gasteiger partial charge in [0.2, 0.25) is 5.91 Å². The van der Waals surface area contributed by atoms with Crippen LogP contribution in [0.25, 0.3) is 22.1 Å². The van der Waals surface area contributed by atoms with E-state index in [1.807, 2.05) is 13.1 Å². The molecule has 3 amide bonds. The van der Waals surface area contributed by atoms with Crippen LogP contribution in [-0.2, 0) is 24.8 Å². The summed E-state index contributed by atoms with van der Waals surface area (Å²) in [6.07, 6.45) is 2.92. The minimum atomic E-state index is -4.26. The molecule has 83 heavy (non-hydrogen) atoms. The van der Waals surface area contributed by atoms with Gasteiger partial charge in [0, 0.05) is 62.5 Å². The molecule has 0 radical (unpaired) electrons. The van der Waals surface area contributed by atoms with Crippen molar-refractivity contribution in [2.45, 2.75) is 48.4 Å². The first-order chi connectivity index (χ1) is 39.7. The first-order valence-corrected chi connectivity index (χ1v) is 30.0. The van der Waals surface area contributed by atoms with Crippen LogP contribution >= 0.6 is 23.2 Å². The van der Waals surface area contributed by atoms with Crippen LogP contribution in [0.5, 0.6) is 11.5 Å². The molecule has 0 unspecified atom stereocenters. The fraction of sp³-hybridized carbons (Fsp3) is 0.259. The second-order valence-electron chi connectivity index (χ2n) is 20.1. The van der Waals surface area contributed by atoms with Gasteiger partial charge in [-0.2, -0.15) is 0 Å². The minimum Gasteiger partial charge on any atom is -0.497 e. The lowest BCUT2D eigenvalue weighted by atomic mass is 10.00. The van der Waals surface area contributed by atoms with Crippen molar-refractivity contribution in [3.63, 3.8) is 0 Å². The third-order valence-electron chi connectivity index (χ3n) is 13.6. The van der Waals surface area contributed by atoms with Crippen molar-refractivity contribution < 1.29 is 40.7 Å². The van der Waals surface area contributed by atoms with Crippen LogP contribution in [0.3, 0.4) is 0 Å². The Kier molecular flexibility index (Phi) is 18.2. The van der Waals surface area contributed by atoms with Crippen molar-refractivity contribution >= 4 is 118 Å². The highest BCUT2D eigenvalue weighted by atomic mass is 35.5. The molecule has 6 aromatic carbocycles. The number of hydrogen-bond donors (Lipinski definition) is 5. The summed E-state index contributed by atoms with van der Waals surface area (Å²) >= 11 is 12.8. The Morgan fingerprint density at radius 2 is 0.952 bits per heavy atom. The highest BCUT2D eigenvalue weighted by Gasteiger charge is 2.35. The standard InChI is InChI=1S/C31H33ClN6O5S.C27H27ClN6O4S/c1-31(2,30(40)38-16-7-4-8-17-38)36-29(39)20-10-9-11-22(18-20)44(41,42)37-28-27(33-24-12-5-6-13-25(24)34-28)35-26-19-21(43-3)14-15-23(26)32;1-33-12-14-34(15-13-33)27(35)18-6-5-7-20(16-18)39(36,37)32-26-25(29-22-8-3-4-9-23(22)30-26)31-24-17-19(38-2)10-11-21(24)28/h5-6,9-15,18-19H,4,7-8,16-17H2,1-3H3,(H,33,35)(H,34,37)(H,36,39);3-11,16-17H,12-15H2,1-2H3,(H,29,31)(H,30,32). The lowest BCUT2D eigenvalue weighted by molar-refractivity contribution is -0.137. The zero-order valence-electron chi connectivity index (χ0n) is 45.9. The van der Waals surface area contributed by atoms with Crippen LogP contribution < -0.4 is 34.9 Å². The van der Waals surface area contributed by atoms with E-state index < -0.39 is 31.5 Å². The number of aromatic nitrogens is 4. The van der Waals surface area contributed by atoms with Crippen molar-refractivity contribution in [2.75, 3.05) is 80.6 Å². The Bertz CT molecular complexity index is 3980. The number of ether oxygens (including phenoxy) is 2. The van der Waals surface area contributed by atoms with Crippen LogP contribution in [0.4, 0.5) is 34.6 Å². The van der Waals surface area contributed by atoms with E-state index in [0.29, 0.717) is 86.7 Å². The normalized spacial score (nSPS) is 14.0. The van der Waals surface area contributed by atoms with E-state index in [1.165, 1.54) is 50.6 Å². The van der Waals surface area contributed by atoms with Crippen molar-refractivity contribution in [3.05, 3.63) is 155 Å². The number of halogens is 2. The topological polar surface area (TPSA) is 259 Å². The summed E-state index contributed by atoms with van der Waals surface area (Å²) in [7, 11) is -3.35. The molecule has 2 aliphatic rings. The number of piperidine rings is 1. The number of piperazine rings is 1. The number of amides is 3. The van der Waals surface area contributed by atoms with E-state index in [0.717, 1.165) is 32.4 Å². The van der Waals surface area contributed by atoms with Gasteiger partial charge in [0.25, 0.3) is 31.9 Å². The van der Waals surface area contributed by atoms with Crippen molar-refractivity contribution in [2.24, 2.45) is 0 Å². The number of hydrogen-bond acceptors (Lipinski definition) is 16. The number of carbonyl (C=O) groups excluding carboxylic acids is 3. The molecule has 0 saturated carbocycles. The van der Waals surface area contributed by atoms with Crippen molar-refractivity contribution in [1.82, 2.24) is 40.0 Å². The molecule has 0 spiro atoms. The summed E-state index contributed by atoms with van der Waals surface area (Å²) in [5, 5.41) is 9.65. The summed E-state index contributed by atoms with van der Waals surface area (Å²) in [6, 6.07) is 35.7. The van der Waals surface area contributed by atoms with E-state index in [9.17, 15) is 31.2 Å². The Morgan fingerprint density at radius 1 is 0.518 bits per heavy atom. The molecule has 0 atom stereocenters. The lowest BCUT2D eigenvalue weighted by Gasteiger charge is -2.34. The molecule has 0 bridgehead atoms. The Hall–Kier alpha value is -8.35. The quantitative estimate of drug-likeness (QED) is 0.0603. The van der Waals surface area contributed by atoms with E-state index in [4.69, 9.17) is 32.7 Å². The number of methoxy groups -OCH3 is 2. The fourth-order valence-electron chi connectivity index (χ4n) is 9.09. The molecule has 2 fully saturated rings. The summed E-state index contributed by atoms with van der Waals surface area (Å²) in [4.78, 5) is 63.0. The molecule has 25 heteroatoms. The van der Waals surface area contributed by atoms with Gasteiger partial charge >= 0.3 is 0 Å². The SMILES string of the molecule is COc1ccc(Cl)c(Nc2nc3ccccc3nc2NS(=O)(=O)c2cccc(C(=O)N3CCN(C)CC3)c2)c1.COc1ccc(Cl)c(Nc2nc3ccccc3nc2NS(=O)(=O)c2cccc(C(=O)NC(C)(C)C(=O)N3CCCCC3)c2)c1. The fourth-order valence-corrected chi connectivity index (χ4v) is 11.5. The Morgan fingerprint density at radius 3 is 1.41 bits per heavy atom. The first-order valence-electron chi connectivity index (χ1n) is 26.3. The number of nitrogens with one attached hydrogen (secondary N) is 5. The average molecular weight is 1200 g/mol. The minimum absolute atomic E-state index is 0.0246. The van der Waals surface area contributed by atoms with Crippen LogP contribution in [0.2, 0.25) is 10.0 Å². The number of rotatable bonds is 16. The van der Waals surface area contributed by atoms with Crippen LogP contribution in [0, 0.1) is 0 Å². The molecule has 2 saturated heterocycles. The third kappa shape index (κ3) is 14.3. The van der Waals surface area contributed by atoms with E-state index in [1.54, 1.807) is 115 Å². The third-order valence-corrected chi connectivity index (χ3v) is 17.0. The van der Waals surface area contributed by atoms with Crippen molar-refractivity contribution in [1.29, 1.82) is 0 Å². The number of anilines is 6. The van der Waals surface area contributed by atoms with E-state index >= 15 is 0 Å². The van der Waals surface area contributed by atoms with Gasteiger partial charge in [-0.15, -0.1) is 0 Å². The van der Waals surface area contributed by atoms with E-state index in [2.05, 4.69) is 50.2 Å². The lowest BCUT2D eigenvalue weighted by Crippen LogP contribution is -2.56. The van der Waals surface area contributed by atoms with Gasteiger partial charge in [-0.05, 0) is 125 Å². The molecular formula is C58H60Cl2N12O9S2.